The number of ketones is 1. The van der Waals surface area contributed by atoms with Crippen LogP contribution >= 0.6 is 15.9 Å². The summed E-state index contributed by atoms with van der Waals surface area (Å²) in [6.45, 7) is 4.87. The fourth-order valence-electron chi connectivity index (χ4n) is 2.42. The minimum absolute atomic E-state index is 0.0914. The Morgan fingerprint density at radius 3 is 2.73 bits per heavy atom. The van der Waals surface area contributed by atoms with E-state index in [0.29, 0.717) is 23.7 Å². The number of aryl methyl sites for hydroxylation is 2. The lowest BCUT2D eigenvalue weighted by molar-refractivity contribution is 0.104. The van der Waals surface area contributed by atoms with Crippen molar-refractivity contribution in [3.05, 3.63) is 75.9 Å². The molecule has 3 aromatic rings. The monoisotopic (exact) mass is 414 g/mol. The number of hydrogen-bond acceptors (Lipinski definition) is 4. The summed E-state index contributed by atoms with van der Waals surface area (Å²) < 4.78 is 14.1. The molecule has 0 saturated carbocycles. The van der Waals surface area contributed by atoms with Gasteiger partial charge in [0.15, 0.2) is 5.78 Å². The van der Waals surface area contributed by atoms with E-state index in [4.69, 9.17) is 9.15 Å². The third-order valence-electron chi connectivity index (χ3n) is 3.81. The molecule has 0 fully saturated rings. The molecule has 0 saturated heterocycles. The van der Waals surface area contributed by atoms with Crippen LogP contribution in [0.15, 0.2) is 57.6 Å². The fourth-order valence-corrected chi connectivity index (χ4v) is 2.68. The average Bonchev–Trinajstić information content (AvgIpc) is 3.25. The van der Waals surface area contributed by atoms with Gasteiger partial charge in [-0.2, -0.15) is 5.10 Å². The Bertz CT molecular complexity index is 923. The lowest BCUT2D eigenvalue weighted by Gasteiger charge is -2.03. The second kappa shape index (κ2) is 8.19. The first-order valence-corrected chi connectivity index (χ1v) is 9.08. The maximum atomic E-state index is 12.3. The van der Waals surface area contributed by atoms with Crippen molar-refractivity contribution in [1.82, 2.24) is 9.78 Å². The largest absolute Gasteiger partial charge is 0.486 e. The normalized spacial score (nSPS) is 11.2. The Labute approximate surface area is 160 Å². The number of nitrogens with zero attached hydrogens (tertiary/aromatic N) is 2. The smallest absolute Gasteiger partial charge is 0.189 e. The number of aromatic nitrogens is 2. The van der Waals surface area contributed by atoms with Crippen molar-refractivity contribution < 1.29 is 13.9 Å². The summed E-state index contributed by atoms with van der Waals surface area (Å²) in [4.78, 5) is 12.3. The summed E-state index contributed by atoms with van der Waals surface area (Å²) in [5.74, 6) is 1.97. The van der Waals surface area contributed by atoms with E-state index in [-0.39, 0.29) is 5.78 Å². The van der Waals surface area contributed by atoms with E-state index in [9.17, 15) is 4.79 Å². The van der Waals surface area contributed by atoms with E-state index >= 15 is 0 Å². The summed E-state index contributed by atoms with van der Waals surface area (Å²) in [7, 11) is 0. The first kappa shape index (κ1) is 18.2. The number of carbonyl (C=O) groups excluding carboxylic acids is 1. The van der Waals surface area contributed by atoms with Crippen molar-refractivity contribution >= 4 is 27.8 Å². The molecule has 0 radical (unpaired) electrons. The van der Waals surface area contributed by atoms with Crippen LogP contribution < -0.4 is 4.74 Å². The topological polar surface area (TPSA) is 57.3 Å². The van der Waals surface area contributed by atoms with E-state index in [2.05, 4.69) is 21.0 Å². The van der Waals surface area contributed by atoms with Gasteiger partial charge in [0.25, 0.3) is 0 Å². The molecular formula is C20H19BrN2O3. The van der Waals surface area contributed by atoms with Gasteiger partial charge in [0.05, 0.1) is 11.3 Å². The molecule has 6 heteroatoms. The standard InChI is InChI=1S/C20H19BrN2O3/c1-3-23-12-19(14(2)22-23)20(24)11-10-17-8-9-18(26-17)13-25-16-6-4-15(21)5-7-16/h4-12H,3,13H2,1-2H3/b11-10+. The second-order valence-corrected chi connectivity index (χ2v) is 6.64. The molecule has 134 valence electrons. The van der Waals surface area contributed by atoms with Crippen LogP contribution in [-0.4, -0.2) is 15.6 Å². The number of allylic oxidation sites excluding steroid dienone is 1. The van der Waals surface area contributed by atoms with Crippen LogP contribution in [0.1, 0.15) is 34.5 Å². The Kier molecular flexibility index (Phi) is 5.73. The number of carbonyl (C=O) groups is 1. The second-order valence-electron chi connectivity index (χ2n) is 5.73. The van der Waals surface area contributed by atoms with Gasteiger partial charge in [0.1, 0.15) is 23.9 Å². The van der Waals surface area contributed by atoms with Crippen molar-refractivity contribution in [2.24, 2.45) is 0 Å². The highest BCUT2D eigenvalue weighted by atomic mass is 79.9. The van der Waals surface area contributed by atoms with Crippen LogP contribution in [-0.2, 0) is 13.2 Å². The Hall–Kier alpha value is -2.60. The molecule has 1 aromatic carbocycles. The number of ether oxygens (including phenoxy) is 1. The molecule has 0 aliphatic carbocycles. The van der Waals surface area contributed by atoms with Crippen LogP contribution in [0.4, 0.5) is 0 Å². The molecule has 0 amide bonds. The fraction of sp³-hybridized carbons (Fsp3) is 0.200. The minimum atomic E-state index is -0.0914. The number of furan rings is 1. The van der Waals surface area contributed by atoms with Crippen molar-refractivity contribution in [3.63, 3.8) is 0 Å². The van der Waals surface area contributed by atoms with Gasteiger partial charge >= 0.3 is 0 Å². The van der Waals surface area contributed by atoms with Gasteiger partial charge in [-0.15, -0.1) is 0 Å². The number of halogens is 1. The highest BCUT2D eigenvalue weighted by molar-refractivity contribution is 9.10. The Morgan fingerprint density at radius 2 is 2.04 bits per heavy atom. The van der Waals surface area contributed by atoms with Gasteiger partial charge in [-0.3, -0.25) is 9.48 Å². The van der Waals surface area contributed by atoms with Crippen molar-refractivity contribution in [2.75, 3.05) is 0 Å². The van der Waals surface area contributed by atoms with Gasteiger partial charge in [0.2, 0.25) is 0 Å². The number of hydrogen-bond donors (Lipinski definition) is 0. The minimum Gasteiger partial charge on any atom is -0.486 e. The molecule has 0 N–H and O–H groups in total. The van der Waals surface area contributed by atoms with Crippen LogP contribution in [0, 0.1) is 6.92 Å². The first-order chi connectivity index (χ1) is 12.5. The lowest BCUT2D eigenvalue weighted by Crippen LogP contribution is -1.94. The molecule has 0 bridgehead atoms. The SMILES string of the molecule is CCn1cc(C(=O)/C=C/c2ccc(COc3ccc(Br)cc3)o2)c(C)n1. The zero-order chi connectivity index (χ0) is 18.5. The molecule has 2 aromatic heterocycles. The van der Waals surface area contributed by atoms with E-state index < -0.39 is 0 Å². The summed E-state index contributed by atoms with van der Waals surface area (Å²) >= 11 is 3.39. The van der Waals surface area contributed by atoms with Gasteiger partial charge in [-0.1, -0.05) is 15.9 Å². The van der Waals surface area contributed by atoms with Crippen LogP contribution in [0.25, 0.3) is 6.08 Å². The lowest BCUT2D eigenvalue weighted by atomic mass is 10.1. The Balaban J connectivity index is 1.60. The molecule has 26 heavy (non-hydrogen) atoms. The maximum absolute atomic E-state index is 12.3. The third kappa shape index (κ3) is 4.52. The van der Waals surface area contributed by atoms with Crippen LogP contribution in [0.5, 0.6) is 5.75 Å². The van der Waals surface area contributed by atoms with Crippen LogP contribution in [0.3, 0.4) is 0 Å². The van der Waals surface area contributed by atoms with E-state index in [0.717, 1.165) is 22.5 Å². The van der Waals surface area contributed by atoms with Gasteiger partial charge in [0, 0.05) is 17.2 Å². The molecule has 0 unspecified atom stereocenters. The van der Waals surface area contributed by atoms with Gasteiger partial charge < -0.3 is 9.15 Å². The zero-order valence-electron chi connectivity index (χ0n) is 14.6. The molecule has 0 aliphatic heterocycles. The highest BCUT2D eigenvalue weighted by Gasteiger charge is 2.10. The predicted octanol–water partition coefficient (Wildman–Crippen LogP) is 5.04. The summed E-state index contributed by atoms with van der Waals surface area (Å²) in [6, 6.07) is 11.2. The molecule has 0 aliphatic rings. The third-order valence-corrected chi connectivity index (χ3v) is 4.34. The molecule has 0 spiro atoms. The number of benzene rings is 1. The predicted molar refractivity (Wildman–Crippen MR) is 103 cm³/mol. The van der Waals surface area contributed by atoms with E-state index in [1.165, 1.54) is 6.08 Å². The molecular weight excluding hydrogens is 396 g/mol. The molecule has 0 atom stereocenters. The molecule has 3 rings (SSSR count). The highest BCUT2D eigenvalue weighted by Crippen LogP contribution is 2.18. The maximum Gasteiger partial charge on any atom is 0.189 e. The summed E-state index contributed by atoms with van der Waals surface area (Å²) in [5.41, 5.74) is 1.33. The summed E-state index contributed by atoms with van der Waals surface area (Å²) in [6.07, 6.45) is 4.93. The summed E-state index contributed by atoms with van der Waals surface area (Å²) in [5, 5.41) is 4.29. The van der Waals surface area contributed by atoms with Gasteiger partial charge in [-0.05, 0) is 62.4 Å². The average molecular weight is 415 g/mol. The van der Waals surface area contributed by atoms with E-state index in [1.807, 2.05) is 50.2 Å². The zero-order valence-corrected chi connectivity index (χ0v) is 16.2. The molecule has 2 heterocycles. The van der Waals surface area contributed by atoms with Crippen molar-refractivity contribution in [1.29, 1.82) is 0 Å². The first-order valence-electron chi connectivity index (χ1n) is 8.28. The quantitative estimate of drug-likeness (QED) is 0.401. The van der Waals surface area contributed by atoms with Crippen molar-refractivity contribution in [3.8, 4) is 5.75 Å². The van der Waals surface area contributed by atoms with Crippen molar-refractivity contribution in [2.45, 2.75) is 27.0 Å². The molecule has 5 nitrogen and oxygen atoms in total. The van der Waals surface area contributed by atoms with E-state index in [1.54, 1.807) is 17.0 Å². The van der Waals surface area contributed by atoms with Crippen LogP contribution in [0.2, 0.25) is 0 Å². The number of rotatable bonds is 7. The van der Waals surface area contributed by atoms with Gasteiger partial charge in [-0.25, -0.2) is 0 Å². The Morgan fingerprint density at radius 1 is 1.27 bits per heavy atom.